The summed E-state index contributed by atoms with van der Waals surface area (Å²) in [6, 6.07) is 11.6. The zero-order valence-electron chi connectivity index (χ0n) is 15.0. The van der Waals surface area contributed by atoms with E-state index in [4.69, 9.17) is 22.1 Å². The van der Waals surface area contributed by atoms with Crippen LogP contribution in [0, 0.1) is 6.92 Å². The first-order valence-corrected chi connectivity index (χ1v) is 8.82. The maximum atomic E-state index is 6.31. The lowest BCUT2D eigenvalue weighted by molar-refractivity contribution is 0.304. The summed E-state index contributed by atoms with van der Waals surface area (Å²) < 4.78 is 7.72. The molecule has 0 bridgehead atoms. The number of hydrogen-bond donors (Lipinski definition) is 1. The summed E-state index contributed by atoms with van der Waals surface area (Å²) in [5, 5.41) is 5.72. The topological polar surface area (TPSA) is 78.9 Å². The minimum atomic E-state index is 0.333. The molecule has 27 heavy (non-hydrogen) atoms. The molecule has 2 aromatic heterocycles. The van der Waals surface area contributed by atoms with E-state index in [1.807, 2.05) is 56.6 Å². The number of hydrogen-bond acceptors (Lipinski definition) is 5. The highest BCUT2D eigenvalue weighted by Gasteiger charge is 2.16. The van der Waals surface area contributed by atoms with Crippen molar-refractivity contribution in [3.05, 3.63) is 65.2 Å². The number of anilines is 1. The highest BCUT2D eigenvalue weighted by atomic mass is 35.5. The van der Waals surface area contributed by atoms with Gasteiger partial charge in [-0.1, -0.05) is 23.7 Å². The Morgan fingerprint density at radius 3 is 2.74 bits per heavy atom. The summed E-state index contributed by atoms with van der Waals surface area (Å²) in [5.74, 6) is 0.995. The van der Waals surface area contributed by atoms with Gasteiger partial charge in [0, 0.05) is 23.8 Å². The van der Waals surface area contributed by atoms with Gasteiger partial charge in [0.25, 0.3) is 0 Å². The first kappa shape index (κ1) is 17.3. The number of nitrogens with two attached hydrogens (primary N) is 1. The van der Waals surface area contributed by atoms with Crippen molar-refractivity contribution in [3.63, 3.8) is 0 Å². The number of aryl methyl sites for hydroxylation is 1. The van der Waals surface area contributed by atoms with Crippen LogP contribution in [0.25, 0.3) is 22.0 Å². The van der Waals surface area contributed by atoms with Crippen LogP contribution in [-0.2, 0) is 13.7 Å². The van der Waals surface area contributed by atoms with E-state index in [1.165, 1.54) is 6.33 Å². The van der Waals surface area contributed by atoms with Gasteiger partial charge in [0.15, 0.2) is 0 Å². The first-order valence-electron chi connectivity index (χ1n) is 8.44. The normalized spacial score (nSPS) is 11.1. The van der Waals surface area contributed by atoms with Crippen molar-refractivity contribution >= 4 is 28.3 Å². The zero-order chi connectivity index (χ0) is 19.0. The average molecular weight is 380 g/mol. The van der Waals surface area contributed by atoms with Crippen molar-refractivity contribution in [2.45, 2.75) is 13.5 Å². The molecule has 2 aromatic carbocycles. The lowest BCUT2D eigenvalue weighted by atomic mass is 9.97. The van der Waals surface area contributed by atoms with Crippen LogP contribution in [0.4, 0.5) is 5.82 Å². The summed E-state index contributed by atoms with van der Waals surface area (Å²) in [4.78, 5) is 8.62. The lowest BCUT2D eigenvalue weighted by Crippen LogP contribution is -2.02. The minimum Gasteiger partial charge on any atom is -0.486 e. The van der Waals surface area contributed by atoms with Gasteiger partial charge >= 0.3 is 0 Å². The predicted molar refractivity (Wildman–Crippen MR) is 107 cm³/mol. The molecule has 0 aliphatic rings. The molecule has 0 aliphatic heterocycles. The lowest BCUT2D eigenvalue weighted by Gasteiger charge is -2.14. The Morgan fingerprint density at radius 2 is 1.96 bits per heavy atom. The van der Waals surface area contributed by atoms with E-state index in [0.717, 1.165) is 27.9 Å². The van der Waals surface area contributed by atoms with Gasteiger partial charge in [-0.2, -0.15) is 5.10 Å². The molecule has 7 heteroatoms. The third-order valence-electron chi connectivity index (χ3n) is 4.48. The van der Waals surface area contributed by atoms with Crippen LogP contribution in [0.5, 0.6) is 5.75 Å². The van der Waals surface area contributed by atoms with E-state index in [0.29, 0.717) is 28.6 Å². The Labute approximate surface area is 161 Å². The zero-order valence-corrected chi connectivity index (χ0v) is 15.7. The van der Waals surface area contributed by atoms with Gasteiger partial charge in [0.2, 0.25) is 0 Å². The largest absolute Gasteiger partial charge is 0.486 e. The Hall–Kier alpha value is -3.12. The van der Waals surface area contributed by atoms with Crippen molar-refractivity contribution < 1.29 is 4.74 Å². The van der Waals surface area contributed by atoms with E-state index >= 15 is 0 Å². The summed E-state index contributed by atoms with van der Waals surface area (Å²) in [6.45, 7) is 2.32. The highest BCUT2D eigenvalue weighted by molar-refractivity contribution is 6.31. The third-order valence-corrected chi connectivity index (χ3v) is 4.89. The molecule has 0 saturated heterocycles. The SMILES string of the molecule is Cc1c(Cl)cccc1-c1ccc(OCc2ccn(C)n2)c2c(N)ncnc12. The van der Waals surface area contributed by atoms with Crippen LogP contribution in [0.15, 0.2) is 48.9 Å². The second-order valence-corrected chi connectivity index (χ2v) is 6.68. The average Bonchev–Trinajstić information content (AvgIpc) is 3.08. The molecule has 2 N–H and O–H groups in total. The molecular weight excluding hydrogens is 362 g/mol. The van der Waals surface area contributed by atoms with Crippen LogP contribution in [0.2, 0.25) is 5.02 Å². The number of halogens is 1. The summed E-state index contributed by atoms with van der Waals surface area (Å²) in [5.41, 5.74) is 10.6. The molecule has 0 atom stereocenters. The van der Waals surface area contributed by atoms with E-state index in [2.05, 4.69) is 15.1 Å². The first-order chi connectivity index (χ1) is 13.0. The van der Waals surface area contributed by atoms with E-state index < -0.39 is 0 Å². The number of benzene rings is 2. The molecule has 136 valence electrons. The predicted octanol–water partition coefficient (Wildman–Crippen LogP) is 4.15. The number of nitrogens with zero attached hydrogens (tertiary/aromatic N) is 4. The molecule has 0 radical (unpaired) electrons. The van der Waals surface area contributed by atoms with Gasteiger partial charge < -0.3 is 10.5 Å². The van der Waals surface area contributed by atoms with Crippen molar-refractivity contribution in [2.24, 2.45) is 7.05 Å². The van der Waals surface area contributed by atoms with Crippen molar-refractivity contribution in [1.82, 2.24) is 19.7 Å². The van der Waals surface area contributed by atoms with Crippen molar-refractivity contribution in [1.29, 1.82) is 0 Å². The summed E-state index contributed by atoms with van der Waals surface area (Å²) in [7, 11) is 1.87. The van der Waals surface area contributed by atoms with Crippen molar-refractivity contribution in [2.75, 3.05) is 5.73 Å². The van der Waals surface area contributed by atoms with Gasteiger partial charge in [0.05, 0.1) is 16.6 Å². The molecule has 0 fully saturated rings. The molecule has 2 heterocycles. The number of fused-ring (bicyclic) bond motifs is 1. The highest BCUT2D eigenvalue weighted by Crippen LogP contribution is 2.38. The molecule has 4 aromatic rings. The molecule has 0 unspecified atom stereocenters. The van der Waals surface area contributed by atoms with Gasteiger partial charge in [0.1, 0.15) is 24.5 Å². The van der Waals surface area contributed by atoms with Gasteiger partial charge in [-0.3, -0.25) is 4.68 Å². The maximum Gasteiger partial charge on any atom is 0.138 e. The second-order valence-electron chi connectivity index (χ2n) is 6.28. The Kier molecular flexibility index (Phi) is 4.41. The Bertz CT molecular complexity index is 1140. The Morgan fingerprint density at radius 1 is 1.11 bits per heavy atom. The fourth-order valence-electron chi connectivity index (χ4n) is 3.10. The number of aromatic nitrogens is 4. The molecule has 0 aliphatic carbocycles. The molecular formula is C20H18ClN5O. The summed E-state index contributed by atoms with van der Waals surface area (Å²) >= 11 is 6.31. The van der Waals surface area contributed by atoms with Crippen LogP contribution >= 0.6 is 11.6 Å². The van der Waals surface area contributed by atoms with Crippen molar-refractivity contribution in [3.8, 4) is 16.9 Å². The maximum absolute atomic E-state index is 6.31. The smallest absolute Gasteiger partial charge is 0.138 e. The number of rotatable bonds is 4. The monoisotopic (exact) mass is 379 g/mol. The molecule has 4 rings (SSSR count). The van der Waals surface area contributed by atoms with Crippen LogP contribution in [0.3, 0.4) is 0 Å². The molecule has 0 saturated carbocycles. The molecule has 0 amide bonds. The fourth-order valence-corrected chi connectivity index (χ4v) is 3.27. The minimum absolute atomic E-state index is 0.333. The van der Waals surface area contributed by atoms with E-state index in [-0.39, 0.29) is 0 Å². The van der Waals surface area contributed by atoms with Gasteiger partial charge in [-0.15, -0.1) is 0 Å². The number of ether oxygens (including phenoxy) is 1. The van der Waals surface area contributed by atoms with Crippen LogP contribution < -0.4 is 10.5 Å². The standard InChI is InChI=1S/C20H18ClN5O/c1-12-14(4-3-5-16(12)21)15-6-7-17(18-19(15)23-11-24-20(18)22)27-10-13-8-9-26(2)25-13/h3-9,11H,10H2,1-2H3,(H2,22,23,24). The summed E-state index contributed by atoms with van der Waals surface area (Å²) in [6.07, 6.45) is 3.34. The van der Waals surface area contributed by atoms with Crippen LogP contribution in [-0.4, -0.2) is 19.7 Å². The third kappa shape index (κ3) is 3.19. The second kappa shape index (κ2) is 6.89. The fraction of sp³-hybridized carbons (Fsp3) is 0.150. The Balaban J connectivity index is 1.82. The van der Waals surface area contributed by atoms with Gasteiger partial charge in [-0.25, -0.2) is 9.97 Å². The van der Waals surface area contributed by atoms with Crippen LogP contribution in [0.1, 0.15) is 11.3 Å². The van der Waals surface area contributed by atoms with E-state index in [1.54, 1.807) is 4.68 Å². The van der Waals surface area contributed by atoms with E-state index in [9.17, 15) is 0 Å². The van der Waals surface area contributed by atoms with Gasteiger partial charge in [-0.05, 0) is 42.3 Å². The quantitative estimate of drug-likeness (QED) is 0.576. The number of nitrogen functional groups attached to an aromatic ring is 1. The molecule has 6 nitrogen and oxygen atoms in total. The molecule has 0 spiro atoms.